The summed E-state index contributed by atoms with van der Waals surface area (Å²) in [6, 6.07) is 18.8. The second-order valence-electron chi connectivity index (χ2n) is 5.21. The van der Waals surface area contributed by atoms with E-state index in [2.05, 4.69) is 67.7 Å². The third-order valence-corrected chi connectivity index (χ3v) is 3.69. The van der Waals surface area contributed by atoms with E-state index in [0.29, 0.717) is 0 Å². The number of nitrogen functional groups attached to an aromatic ring is 1. The minimum Gasteiger partial charge on any atom is -0.397 e. The molecule has 3 rings (SSSR count). The Morgan fingerprint density at radius 1 is 0.800 bits per heavy atom. The molecule has 0 saturated carbocycles. The second kappa shape index (κ2) is 4.89. The van der Waals surface area contributed by atoms with Crippen LogP contribution in [-0.4, -0.2) is 0 Å². The van der Waals surface area contributed by atoms with E-state index in [1.54, 1.807) is 0 Å². The van der Waals surface area contributed by atoms with Crippen LogP contribution in [0.25, 0.3) is 10.8 Å². The van der Waals surface area contributed by atoms with Crippen LogP contribution in [0.4, 0.5) is 17.1 Å². The molecule has 3 N–H and O–H groups in total. The van der Waals surface area contributed by atoms with E-state index in [9.17, 15) is 0 Å². The molecule has 0 aromatic heterocycles. The minimum absolute atomic E-state index is 0.779. The number of rotatable bonds is 2. The zero-order valence-corrected chi connectivity index (χ0v) is 11.8. The van der Waals surface area contributed by atoms with Crippen molar-refractivity contribution in [2.45, 2.75) is 13.8 Å². The van der Waals surface area contributed by atoms with Crippen molar-refractivity contribution in [3.63, 3.8) is 0 Å². The molecule has 0 heterocycles. The summed E-state index contributed by atoms with van der Waals surface area (Å²) in [5.74, 6) is 0. The summed E-state index contributed by atoms with van der Waals surface area (Å²) in [7, 11) is 0. The van der Waals surface area contributed by atoms with Crippen LogP contribution in [0, 0.1) is 13.8 Å². The van der Waals surface area contributed by atoms with Gasteiger partial charge in [0.05, 0.1) is 11.4 Å². The van der Waals surface area contributed by atoms with E-state index in [1.165, 1.54) is 21.9 Å². The van der Waals surface area contributed by atoms with Crippen LogP contribution >= 0.6 is 0 Å². The van der Waals surface area contributed by atoms with Crippen molar-refractivity contribution in [2.24, 2.45) is 0 Å². The molecule has 3 aromatic rings. The number of aryl methyl sites for hydroxylation is 2. The first-order valence-electron chi connectivity index (χ1n) is 6.76. The summed E-state index contributed by atoms with van der Waals surface area (Å²) in [6.07, 6.45) is 0. The van der Waals surface area contributed by atoms with E-state index in [-0.39, 0.29) is 0 Å². The van der Waals surface area contributed by atoms with E-state index in [0.717, 1.165) is 17.1 Å². The topological polar surface area (TPSA) is 38.0 Å². The lowest BCUT2D eigenvalue weighted by Gasteiger charge is -2.12. The molecule has 0 saturated heterocycles. The Labute approximate surface area is 119 Å². The number of hydrogen-bond acceptors (Lipinski definition) is 2. The first-order valence-corrected chi connectivity index (χ1v) is 6.76. The van der Waals surface area contributed by atoms with Crippen molar-refractivity contribution in [3.05, 3.63) is 65.7 Å². The lowest BCUT2D eigenvalue weighted by atomic mass is 10.1. The predicted molar refractivity (Wildman–Crippen MR) is 87.6 cm³/mol. The zero-order chi connectivity index (χ0) is 14.1. The Kier molecular flexibility index (Phi) is 3.07. The Morgan fingerprint density at radius 3 is 2.30 bits per heavy atom. The van der Waals surface area contributed by atoms with E-state index >= 15 is 0 Å². The molecule has 0 amide bonds. The normalized spacial score (nSPS) is 10.7. The van der Waals surface area contributed by atoms with Crippen molar-refractivity contribution in [3.8, 4) is 0 Å². The van der Waals surface area contributed by atoms with Crippen molar-refractivity contribution in [2.75, 3.05) is 11.1 Å². The summed E-state index contributed by atoms with van der Waals surface area (Å²) in [5.41, 5.74) is 11.3. The fourth-order valence-corrected chi connectivity index (χ4v) is 2.37. The van der Waals surface area contributed by atoms with Crippen LogP contribution in [0.1, 0.15) is 11.1 Å². The number of benzene rings is 3. The highest BCUT2D eigenvalue weighted by Gasteiger charge is 2.03. The van der Waals surface area contributed by atoms with Gasteiger partial charge in [0.15, 0.2) is 0 Å². The molecule has 0 aliphatic rings. The van der Waals surface area contributed by atoms with Crippen molar-refractivity contribution >= 4 is 27.8 Å². The Morgan fingerprint density at radius 2 is 1.50 bits per heavy atom. The monoisotopic (exact) mass is 262 g/mol. The Hall–Kier alpha value is -2.48. The van der Waals surface area contributed by atoms with Gasteiger partial charge in [-0.25, -0.2) is 0 Å². The maximum Gasteiger partial charge on any atom is 0.0620 e. The highest BCUT2D eigenvalue weighted by atomic mass is 14.9. The quantitative estimate of drug-likeness (QED) is 0.652. The fraction of sp³-hybridized carbons (Fsp3) is 0.111. The lowest BCUT2D eigenvalue weighted by Crippen LogP contribution is -1.98. The molecule has 20 heavy (non-hydrogen) atoms. The summed E-state index contributed by atoms with van der Waals surface area (Å²) in [4.78, 5) is 0. The van der Waals surface area contributed by atoms with Gasteiger partial charge in [0.2, 0.25) is 0 Å². The highest BCUT2D eigenvalue weighted by Crippen LogP contribution is 2.28. The molecule has 3 aromatic carbocycles. The molecule has 100 valence electrons. The lowest BCUT2D eigenvalue weighted by molar-refractivity contribution is 1.34. The van der Waals surface area contributed by atoms with Crippen LogP contribution in [0.5, 0.6) is 0 Å². The predicted octanol–water partition coefficient (Wildman–Crippen LogP) is 4.78. The van der Waals surface area contributed by atoms with Crippen molar-refractivity contribution in [1.29, 1.82) is 0 Å². The van der Waals surface area contributed by atoms with E-state index in [4.69, 9.17) is 5.73 Å². The molecular formula is C18H18N2. The largest absolute Gasteiger partial charge is 0.397 e. The van der Waals surface area contributed by atoms with Gasteiger partial charge in [0.1, 0.15) is 0 Å². The van der Waals surface area contributed by atoms with Crippen LogP contribution in [-0.2, 0) is 0 Å². The summed E-state index contributed by atoms with van der Waals surface area (Å²) in [5, 5.41) is 5.87. The molecule has 0 fully saturated rings. The third-order valence-electron chi connectivity index (χ3n) is 3.69. The van der Waals surface area contributed by atoms with Gasteiger partial charge in [-0.3, -0.25) is 0 Å². The minimum atomic E-state index is 0.779. The molecule has 0 radical (unpaired) electrons. The van der Waals surface area contributed by atoms with Gasteiger partial charge >= 0.3 is 0 Å². The molecule has 0 aliphatic heterocycles. The van der Waals surface area contributed by atoms with E-state index in [1.807, 2.05) is 6.07 Å². The van der Waals surface area contributed by atoms with Gasteiger partial charge in [0.25, 0.3) is 0 Å². The molecule has 2 nitrogen and oxygen atoms in total. The summed E-state index contributed by atoms with van der Waals surface area (Å²) >= 11 is 0. The van der Waals surface area contributed by atoms with Crippen molar-refractivity contribution in [1.82, 2.24) is 0 Å². The standard InChI is InChI=1S/C18H18N2/c1-12-9-17(19)18(10-13(12)2)20-16-8-7-14-5-3-4-6-15(14)11-16/h3-11,20H,19H2,1-2H3. The molecule has 0 unspecified atom stereocenters. The SMILES string of the molecule is Cc1cc(N)c(Nc2ccc3ccccc3c2)cc1C. The average Bonchev–Trinajstić information content (AvgIpc) is 2.44. The van der Waals surface area contributed by atoms with Crippen LogP contribution < -0.4 is 11.1 Å². The molecule has 0 bridgehead atoms. The molecule has 0 spiro atoms. The Balaban J connectivity index is 1.99. The Bertz CT molecular complexity index is 775. The van der Waals surface area contributed by atoms with Crippen LogP contribution in [0.2, 0.25) is 0 Å². The number of anilines is 3. The van der Waals surface area contributed by atoms with Gasteiger partial charge < -0.3 is 11.1 Å². The summed E-state index contributed by atoms with van der Waals surface area (Å²) in [6.45, 7) is 4.17. The van der Waals surface area contributed by atoms with Gasteiger partial charge in [-0.05, 0) is 60.0 Å². The maximum absolute atomic E-state index is 6.09. The zero-order valence-electron chi connectivity index (χ0n) is 11.8. The van der Waals surface area contributed by atoms with Crippen LogP contribution in [0.3, 0.4) is 0 Å². The van der Waals surface area contributed by atoms with Gasteiger partial charge in [-0.15, -0.1) is 0 Å². The number of nitrogens with two attached hydrogens (primary N) is 1. The van der Waals surface area contributed by atoms with Crippen molar-refractivity contribution < 1.29 is 0 Å². The molecule has 0 aliphatic carbocycles. The summed E-state index contributed by atoms with van der Waals surface area (Å²) < 4.78 is 0. The van der Waals surface area contributed by atoms with Gasteiger partial charge in [0, 0.05) is 5.69 Å². The maximum atomic E-state index is 6.09. The van der Waals surface area contributed by atoms with Gasteiger partial charge in [-0.2, -0.15) is 0 Å². The highest BCUT2D eigenvalue weighted by molar-refractivity contribution is 5.87. The smallest absolute Gasteiger partial charge is 0.0620 e. The van der Waals surface area contributed by atoms with E-state index < -0.39 is 0 Å². The molecule has 2 heteroatoms. The molecular weight excluding hydrogens is 244 g/mol. The van der Waals surface area contributed by atoms with Gasteiger partial charge in [-0.1, -0.05) is 30.3 Å². The first-order chi connectivity index (χ1) is 9.63. The molecule has 0 atom stereocenters. The number of nitrogens with one attached hydrogen (secondary N) is 1. The van der Waals surface area contributed by atoms with Crippen LogP contribution in [0.15, 0.2) is 54.6 Å². The second-order valence-corrected chi connectivity index (χ2v) is 5.21. The average molecular weight is 262 g/mol. The number of hydrogen-bond donors (Lipinski definition) is 2. The first kappa shape index (κ1) is 12.5. The fourth-order valence-electron chi connectivity index (χ4n) is 2.37. The third kappa shape index (κ3) is 2.32. The number of fused-ring (bicyclic) bond motifs is 1.